The number of amides is 2. The lowest BCUT2D eigenvalue weighted by Gasteiger charge is -2.13. The fraction of sp³-hybridized carbons (Fsp3) is 0.211. The average Bonchev–Trinajstić information content (AvgIpc) is 2.65. The molecule has 0 aliphatic rings. The van der Waals surface area contributed by atoms with E-state index in [4.69, 9.17) is 21.7 Å². The first kappa shape index (κ1) is 23.1. The van der Waals surface area contributed by atoms with Gasteiger partial charge in [-0.05, 0) is 78.4 Å². The fourth-order valence-corrected chi connectivity index (χ4v) is 3.39. The molecule has 3 N–H and O–H groups in total. The number of benzene rings is 2. The normalized spacial score (nSPS) is 10.2. The number of ether oxygens (including phenoxy) is 2. The van der Waals surface area contributed by atoms with Crippen LogP contribution in [-0.4, -0.2) is 29.6 Å². The molecular weight excluding hydrogens is 526 g/mol. The van der Waals surface area contributed by atoms with Crippen molar-refractivity contribution >= 4 is 61.0 Å². The molecule has 0 spiro atoms. The Morgan fingerprint density at radius 1 is 1.10 bits per heavy atom. The standard InChI is InChI=1S/C19H19Br2N3O4S/c1-11(2)28-14-5-3-4-12(8-14)18(26)22-19(29)24-23-17(25)10-27-16-7-6-13(20)9-15(16)21/h3-9,11H,10H2,1-2H3,(H,23,25)(H2,22,24,26,29). The van der Waals surface area contributed by atoms with Crippen LogP contribution in [0.1, 0.15) is 24.2 Å². The molecule has 0 aromatic heterocycles. The molecule has 0 fully saturated rings. The Balaban J connectivity index is 1.78. The number of halogens is 2. The highest BCUT2D eigenvalue weighted by Crippen LogP contribution is 2.28. The Hall–Kier alpha value is -2.17. The van der Waals surface area contributed by atoms with Crippen molar-refractivity contribution in [2.45, 2.75) is 20.0 Å². The maximum atomic E-state index is 12.3. The summed E-state index contributed by atoms with van der Waals surface area (Å²) in [5.74, 6) is 0.198. The number of hydrogen-bond acceptors (Lipinski definition) is 5. The number of rotatable bonds is 6. The van der Waals surface area contributed by atoms with Crippen LogP contribution in [0.3, 0.4) is 0 Å². The van der Waals surface area contributed by atoms with Gasteiger partial charge in [-0.1, -0.05) is 22.0 Å². The molecule has 154 valence electrons. The van der Waals surface area contributed by atoms with Crippen molar-refractivity contribution in [3.63, 3.8) is 0 Å². The van der Waals surface area contributed by atoms with Crippen LogP contribution in [-0.2, 0) is 4.79 Å². The van der Waals surface area contributed by atoms with Crippen molar-refractivity contribution < 1.29 is 19.1 Å². The Morgan fingerprint density at radius 2 is 1.86 bits per heavy atom. The second-order valence-corrected chi connectivity index (χ2v) is 8.19. The summed E-state index contributed by atoms with van der Waals surface area (Å²) in [7, 11) is 0. The number of thiocarbonyl (C=S) groups is 1. The second-order valence-electron chi connectivity index (χ2n) is 6.01. The molecule has 2 rings (SSSR count). The van der Waals surface area contributed by atoms with E-state index in [2.05, 4.69) is 48.0 Å². The Bertz CT molecular complexity index is 909. The number of hydrogen-bond donors (Lipinski definition) is 3. The molecule has 7 nitrogen and oxygen atoms in total. The van der Waals surface area contributed by atoms with Gasteiger partial charge in [0.1, 0.15) is 11.5 Å². The first-order chi connectivity index (χ1) is 13.7. The molecule has 0 bridgehead atoms. The Kier molecular flexibility index (Phi) is 8.87. The quantitative estimate of drug-likeness (QED) is 0.379. The van der Waals surface area contributed by atoms with Gasteiger partial charge in [-0.2, -0.15) is 0 Å². The average molecular weight is 545 g/mol. The van der Waals surface area contributed by atoms with Gasteiger partial charge in [0.2, 0.25) is 0 Å². The molecule has 0 atom stereocenters. The first-order valence-electron chi connectivity index (χ1n) is 8.49. The van der Waals surface area contributed by atoms with Crippen molar-refractivity contribution in [2.24, 2.45) is 0 Å². The third kappa shape index (κ3) is 8.00. The molecule has 2 aromatic carbocycles. The highest BCUT2D eigenvalue weighted by Gasteiger charge is 2.11. The van der Waals surface area contributed by atoms with E-state index in [9.17, 15) is 9.59 Å². The SMILES string of the molecule is CC(C)Oc1cccc(C(=O)NC(=S)NNC(=O)COc2ccc(Br)cc2Br)c1. The number of nitrogens with one attached hydrogen (secondary N) is 3. The molecule has 0 unspecified atom stereocenters. The van der Waals surface area contributed by atoms with Gasteiger partial charge in [-0.15, -0.1) is 0 Å². The van der Waals surface area contributed by atoms with E-state index in [-0.39, 0.29) is 17.8 Å². The Morgan fingerprint density at radius 3 is 2.55 bits per heavy atom. The number of hydrazine groups is 1. The molecule has 0 saturated carbocycles. The van der Waals surface area contributed by atoms with Gasteiger partial charge in [0.25, 0.3) is 11.8 Å². The van der Waals surface area contributed by atoms with E-state index < -0.39 is 11.8 Å². The molecule has 0 aliphatic carbocycles. The van der Waals surface area contributed by atoms with Crippen LogP contribution in [0.4, 0.5) is 0 Å². The van der Waals surface area contributed by atoms with Crippen molar-refractivity contribution in [1.82, 2.24) is 16.2 Å². The summed E-state index contributed by atoms with van der Waals surface area (Å²) in [5.41, 5.74) is 5.20. The minimum atomic E-state index is -0.469. The lowest BCUT2D eigenvalue weighted by molar-refractivity contribution is -0.123. The molecule has 0 aliphatic heterocycles. The van der Waals surface area contributed by atoms with Crippen molar-refractivity contribution in [1.29, 1.82) is 0 Å². The zero-order chi connectivity index (χ0) is 21.4. The summed E-state index contributed by atoms with van der Waals surface area (Å²) in [4.78, 5) is 24.2. The van der Waals surface area contributed by atoms with E-state index in [1.165, 1.54) is 0 Å². The summed E-state index contributed by atoms with van der Waals surface area (Å²) < 4.78 is 12.6. The van der Waals surface area contributed by atoms with Gasteiger partial charge < -0.3 is 9.47 Å². The fourth-order valence-electron chi connectivity index (χ4n) is 2.09. The van der Waals surface area contributed by atoms with Crippen LogP contribution in [0, 0.1) is 0 Å². The summed E-state index contributed by atoms with van der Waals surface area (Å²) >= 11 is 11.7. The first-order valence-corrected chi connectivity index (χ1v) is 10.5. The highest BCUT2D eigenvalue weighted by molar-refractivity contribution is 9.11. The summed E-state index contributed by atoms with van der Waals surface area (Å²) in [6.07, 6.45) is -0.00785. The maximum Gasteiger partial charge on any atom is 0.276 e. The van der Waals surface area contributed by atoms with Gasteiger partial charge in [0, 0.05) is 10.0 Å². The van der Waals surface area contributed by atoms with Crippen LogP contribution >= 0.6 is 44.1 Å². The maximum absolute atomic E-state index is 12.3. The molecule has 0 radical (unpaired) electrons. The highest BCUT2D eigenvalue weighted by atomic mass is 79.9. The van der Waals surface area contributed by atoms with Crippen molar-refractivity contribution in [2.75, 3.05) is 6.61 Å². The van der Waals surface area contributed by atoms with Crippen LogP contribution in [0.5, 0.6) is 11.5 Å². The molecular formula is C19H19Br2N3O4S. The molecule has 2 amide bonds. The van der Waals surface area contributed by atoms with E-state index in [1.54, 1.807) is 42.5 Å². The Labute approximate surface area is 190 Å². The topological polar surface area (TPSA) is 88.7 Å². The molecule has 10 heteroatoms. The monoisotopic (exact) mass is 543 g/mol. The van der Waals surface area contributed by atoms with Crippen LogP contribution in [0.2, 0.25) is 0 Å². The van der Waals surface area contributed by atoms with Gasteiger partial charge in [-0.25, -0.2) is 0 Å². The summed E-state index contributed by atoms with van der Waals surface area (Å²) in [6, 6.07) is 12.0. The summed E-state index contributed by atoms with van der Waals surface area (Å²) in [6.45, 7) is 3.56. The lowest BCUT2D eigenvalue weighted by Crippen LogP contribution is -2.49. The molecule has 0 saturated heterocycles. The van der Waals surface area contributed by atoms with Gasteiger partial charge >= 0.3 is 0 Å². The largest absolute Gasteiger partial charge is 0.491 e. The van der Waals surface area contributed by atoms with E-state index in [0.717, 1.165) is 4.47 Å². The third-order valence-electron chi connectivity index (χ3n) is 3.26. The van der Waals surface area contributed by atoms with Crippen LogP contribution in [0.15, 0.2) is 51.4 Å². The second kappa shape index (κ2) is 11.1. The van der Waals surface area contributed by atoms with E-state index in [1.807, 2.05) is 13.8 Å². The van der Waals surface area contributed by atoms with E-state index >= 15 is 0 Å². The van der Waals surface area contributed by atoms with Crippen LogP contribution < -0.4 is 25.6 Å². The minimum Gasteiger partial charge on any atom is -0.491 e. The van der Waals surface area contributed by atoms with Gasteiger partial charge in [0.15, 0.2) is 11.7 Å². The molecule has 0 heterocycles. The predicted molar refractivity (Wildman–Crippen MR) is 121 cm³/mol. The van der Waals surface area contributed by atoms with E-state index in [0.29, 0.717) is 21.5 Å². The minimum absolute atomic E-state index is 0.00785. The number of carbonyl (C=O) groups is 2. The van der Waals surface area contributed by atoms with Crippen molar-refractivity contribution in [3.05, 3.63) is 57.0 Å². The van der Waals surface area contributed by atoms with Gasteiger partial charge in [0.05, 0.1) is 10.6 Å². The van der Waals surface area contributed by atoms with Crippen LogP contribution in [0.25, 0.3) is 0 Å². The molecule has 29 heavy (non-hydrogen) atoms. The third-order valence-corrected chi connectivity index (χ3v) is 4.58. The molecule has 2 aromatic rings. The summed E-state index contributed by atoms with van der Waals surface area (Å²) in [5, 5.41) is 2.43. The number of carbonyl (C=O) groups excluding carboxylic acids is 2. The smallest absolute Gasteiger partial charge is 0.276 e. The zero-order valence-electron chi connectivity index (χ0n) is 15.6. The van der Waals surface area contributed by atoms with Crippen molar-refractivity contribution in [3.8, 4) is 11.5 Å². The zero-order valence-corrected chi connectivity index (χ0v) is 19.6. The van der Waals surface area contributed by atoms with Gasteiger partial charge in [-0.3, -0.25) is 25.8 Å². The predicted octanol–water partition coefficient (Wildman–Crippen LogP) is 3.71. The lowest BCUT2D eigenvalue weighted by atomic mass is 10.2.